The fourth-order valence-corrected chi connectivity index (χ4v) is 2.43. The summed E-state index contributed by atoms with van der Waals surface area (Å²) in [7, 11) is 0. The molecule has 106 valence electrons. The van der Waals surface area contributed by atoms with Crippen molar-refractivity contribution in [3.63, 3.8) is 0 Å². The summed E-state index contributed by atoms with van der Waals surface area (Å²) < 4.78 is 14.2. The van der Waals surface area contributed by atoms with E-state index in [1.165, 1.54) is 6.07 Å². The van der Waals surface area contributed by atoms with Crippen molar-refractivity contribution in [3.8, 4) is 11.3 Å². The number of rotatable bonds is 1. The lowest BCUT2D eigenvalue weighted by atomic mass is 10.1. The van der Waals surface area contributed by atoms with Crippen molar-refractivity contribution < 1.29 is 4.39 Å². The normalized spacial score (nSPS) is 11.1. The summed E-state index contributed by atoms with van der Waals surface area (Å²) in [5.41, 5.74) is 3.00. The Hall–Kier alpha value is -1.78. The van der Waals surface area contributed by atoms with Crippen LogP contribution in [-0.4, -0.2) is 15.0 Å². The molecular weight excluding hydrogens is 312 g/mol. The summed E-state index contributed by atoms with van der Waals surface area (Å²) >= 11 is 11.7. The van der Waals surface area contributed by atoms with Crippen molar-refractivity contribution >= 4 is 34.2 Å². The van der Waals surface area contributed by atoms with Crippen LogP contribution >= 0.6 is 23.2 Å². The molecule has 0 atom stereocenters. The van der Waals surface area contributed by atoms with E-state index < -0.39 is 5.82 Å². The van der Waals surface area contributed by atoms with E-state index in [9.17, 15) is 4.39 Å². The van der Waals surface area contributed by atoms with E-state index >= 15 is 0 Å². The van der Waals surface area contributed by atoms with Crippen LogP contribution in [0.25, 0.3) is 22.3 Å². The van der Waals surface area contributed by atoms with Crippen LogP contribution in [0.1, 0.15) is 11.3 Å². The molecule has 0 saturated heterocycles. The zero-order valence-electron chi connectivity index (χ0n) is 11.3. The highest BCUT2D eigenvalue weighted by Gasteiger charge is 2.15. The van der Waals surface area contributed by atoms with E-state index in [1.54, 1.807) is 12.1 Å². The maximum absolute atomic E-state index is 14.2. The van der Waals surface area contributed by atoms with Gasteiger partial charge in [0.25, 0.3) is 0 Å². The van der Waals surface area contributed by atoms with Crippen molar-refractivity contribution in [2.24, 2.45) is 0 Å². The molecule has 6 heteroatoms. The molecule has 2 heterocycles. The number of aryl methyl sites for hydroxylation is 2. The first-order valence-electron chi connectivity index (χ1n) is 6.22. The van der Waals surface area contributed by atoms with Crippen molar-refractivity contribution in [1.29, 1.82) is 0 Å². The van der Waals surface area contributed by atoms with Crippen molar-refractivity contribution in [1.82, 2.24) is 15.0 Å². The Balaban J connectivity index is 2.38. The van der Waals surface area contributed by atoms with Gasteiger partial charge in [-0.2, -0.15) is 4.98 Å². The number of aromatic nitrogens is 3. The average molecular weight is 322 g/mol. The van der Waals surface area contributed by atoms with E-state index in [1.807, 2.05) is 19.9 Å². The number of hydrogen-bond donors (Lipinski definition) is 0. The van der Waals surface area contributed by atoms with Gasteiger partial charge < -0.3 is 0 Å². The van der Waals surface area contributed by atoms with Gasteiger partial charge in [0.2, 0.25) is 5.28 Å². The van der Waals surface area contributed by atoms with Crippen LogP contribution in [0.3, 0.4) is 0 Å². The lowest BCUT2D eigenvalue weighted by Gasteiger charge is -2.09. The molecule has 2 aromatic heterocycles. The largest absolute Gasteiger partial charge is 0.233 e. The Morgan fingerprint density at radius 3 is 2.48 bits per heavy atom. The predicted octanol–water partition coefficient (Wildman–Crippen LogP) is 4.75. The van der Waals surface area contributed by atoms with Gasteiger partial charge in [-0.1, -0.05) is 11.6 Å². The molecule has 3 nitrogen and oxygen atoms in total. The number of nitrogens with zero attached hydrogens (tertiary/aromatic N) is 3. The fraction of sp³-hybridized carbons (Fsp3) is 0.133. The highest BCUT2D eigenvalue weighted by atomic mass is 35.5. The van der Waals surface area contributed by atoms with Gasteiger partial charge in [-0.25, -0.2) is 14.4 Å². The lowest BCUT2D eigenvalue weighted by molar-refractivity contribution is 0.631. The SMILES string of the molecule is Cc1cc2c(-c3ccc(Cl)cc3F)nc(Cl)nc2nc1C. The van der Waals surface area contributed by atoms with Crippen LogP contribution in [0.4, 0.5) is 4.39 Å². The molecule has 0 spiro atoms. The molecule has 0 radical (unpaired) electrons. The summed E-state index contributed by atoms with van der Waals surface area (Å²) in [6.45, 7) is 3.81. The Bertz CT molecular complexity index is 865. The minimum atomic E-state index is -0.461. The second-order valence-electron chi connectivity index (χ2n) is 4.73. The second-order valence-corrected chi connectivity index (χ2v) is 5.50. The first-order valence-corrected chi connectivity index (χ1v) is 6.98. The van der Waals surface area contributed by atoms with Crippen LogP contribution in [0.15, 0.2) is 24.3 Å². The van der Waals surface area contributed by atoms with Crippen LogP contribution in [0.5, 0.6) is 0 Å². The summed E-state index contributed by atoms with van der Waals surface area (Å²) in [4.78, 5) is 12.7. The Kier molecular flexibility index (Phi) is 3.51. The lowest BCUT2D eigenvalue weighted by Crippen LogP contribution is -1.98. The number of pyridine rings is 1. The highest BCUT2D eigenvalue weighted by molar-refractivity contribution is 6.30. The zero-order valence-corrected chi connectivity index (χ0v) is 12.8. The summed E-state index contributed by atoms with van der Waals surface area (Å²) in [5, 5.41) is 1.01. The van der Waals surface area contributed by atoms with Crippen molar-refractivity contribution in [3.05, 3.63) is 51.6 Å². The van der Waals surface area contributed by atoms with E-state index in [0.717, 1.165) is 11.3 Å². The van der Waals surface area contributed by atoms with Crippen LogP contribution in [0.2, 0.25) is 10.3 Å². The molecule has 0 aliphatic carbocycles. The minimum absolute atomic E-state index is 0.0302. The van der Waals surface area contributed by atoms with Crippen LogP contribution in [0, 0.1) is 19.7 Å². The van der Waals surface area contributed by atoms with Crippen LogP contribution < -0.4 is 0 Å². The van der Waals surface area contributed by atoms with E-state index in [2.05, 4.69) is 15.0 Å². The number of benzene rings is 1. The Morgan fingerprint density at radius 2 is 1.76 bits per heavy atom. The number of hydrogen-bond acceptors (Lipinski definition) is 3. The molecule has 3 rings (SSSR count). The minimum Gasteiger partial charge on any atom is -0.233 e. The maximum Gasteiger partial charge on any atom is 0.225 e. The molecule has 1 aromatic carbocycles. The van der Waals surface area contributed by atoms with Gasteiger partial charge in [0.05, 0.1) is 5.69 Å². The van der Waals surface area contributed by atoms with E-state index in [-0.39, 0.29) is 5.28 Å². The quantitative estimate of drug-likeness (QED) is 0.607. The molecule has 0 aliphatic rings. The average Bonchev–Trinajstić information content (AvgIpc) is 2.40. The van der Waals surface area contributed by atoms with E-state index in [4.69, 9.17) is 23.2 Å². The van der Waals surface area contributed by atoms with Gasteiger partial charge in [-0.05, 0) is 55.3 Å². The van der Waals surface area contributed by atoms with Gasteiger partial charge in [0, 0.05) is 21.7 Å². The van der Waals surface area contributed by atoms with Gasteiger partial charge >= 0.3 is 0 Å². The molecule has 3 aromatic rings. The number of fused-ring (bicyclic) bond motifs is 1. The molecule has 0 bridgehead atoms. The van der Waals surface area contributed by atoms with Gasteiger partial charge in [-0.15, -0.1) is 0 Å². The van der Waals surface area contributed by atoms with Crippen LogP contribution in [-0.2, 0) is 0 Å². The molecule has 0 amide bonds. The zero-order chi connectivity index (χ0) is 15.1. The molecular formula is C15H10Cl2FN3. The number of halogens is 3. The third-order valence-corrected chi connectivity index (χ3v) is 3.69. The monoisotopic (exact) mass is 321 g/mol. The molecule has 0 N–H and O–H groups in total. The molecule has 0 unspecified atom stereocenters. The Morgan fingerprint density at radius 1 is 1.00 bits per heavy atom. The molecule has 0 saturated carbocycles. The first-order chi connectivity index (χ1) is 9.95. The first kappa shape index (κ1) is 14.2. The predicted molar refractivity (Wildman–Crippen MR) is 82.2 cm³/mol. The summed E-state index contributed by atoms with van der Waals surface area (Å²) in [5.74, 6) is -0.461. The second kappa shape index (κ2) is 5.20. The topological polar surface area (TPSA) is 38.7 Å². The standard InChI is InChI=1S/C15H10Cl2FN3/c1-7-5-11-13(10-4-3-9(16)6-12(10)18)20-15(17)21-14(11)19-8(7)2/h3-6H,1-2H3. The van der Waals surface area contributed by atoms with Crippen molar-refractivity contribution in [2.75, 3.05) is 0 Å². The molecule has 21 heavy (non-hydrogen) atoms. The Labute approximate surface area is 130 Å². The van der Waals surface area contributed by atoms with Gasteiger partial charge in [-0.3, -0.25) is 0 Å². The van der Waals surface area contributed by atoms with E-state index in [0.29, 0.717) is 27.3 Å². The maximum atomic E-state index is 14.2. The highest BCUT2D eigenvalue weighted by Crippen LogP contribution is 2.30. The van der Waals surface area contributed by atoms with Gasteiger partial charge in [0.15, 0.2) is 5.65 Å². The summed E-state index contributed by atoms with van der Waals surface area (Å²) in [6.07, 6.45) is 0. The molecule has 0 aliphatic heterocycles. The summed E-state index contributed by atoms with van der Waals surface area (Å²) in [6, 6.07) is 6.31. The third kappa shape index (κ3) is 2.57. The fourth-order valence-electron chi connectivity index (χ4n) is 2.10. The molecule has 0 fully saturated rings. The van der Waals surface area contributed by atoms with Crippen molar-refractivity contribution in [2.45, 2.75) is 13.8 Å². The smallest absolute Gasteiger partial charge is 0.225 e. The van der Waals surface area contributed by atoms with Gasteiger partial charge in [0.1, 0.15) is 5.82 Å². The third-order valence-electron chi connectivity index (χ3n) is 3.29.